The quantitative estimate of drug-likeness (QED) is 0.286. The SMILES string of the molecule is COc1ccc(CC(=O)NC(NC(=S)Nc2cccc(C(F)(F)F)c2)C(Cl)(Cl)Cl)cc1. The Morgan fingerprint density at radius 3 is 2.29 bits per heavy atom. The molecule has 0 aliphatic carbocycles. The largest absolute Gasteiger partial charge is 0.497 e. The van der Waals surface area contributed by atoms with Crippen LogP contribution in [0.5, 0.6) is 5.75 Å². The van der Waals surface area contributed by atoms with Crippen LogP contribution in [0.4, 0.5) is 18.9 Å². The van der Waals surface area contributed by atoms with Crippen LogP contribution in [0.15, 0.2) is 48.5 Å². The van der Waals surface area contributed by atoms with Gasteiger partial charge < -0.3 is 20.7 Å². The molecule has 2 rings (SSSR count). The summed E-state index contributed by atoms with van der Waals surface area (Å²) in [5, 5.41) is 7.51. The van der Waals surface area contributed by atoms with Crippen molar-refractivity contribution in [3.05, 3.63) is 59.7 Å². The van der Waals surface area contributed by atoms with Gasteiger partial charge in [0.2, 0.25) is 9.70 Å². The third-order valence-corrected chi connectivity index (χ3v) is 4.75. The Labute approximate surface area is 197 Å². The van der Waals surface area contributed by atoms with Crippen molar-refractivity contribution in [2.24, 2.45) is 0 Å². The lowest BCUT2D eigenvalue weighted by Gasteiger charge is -2.28. The number of methoxy groups -OCH3 is 1. The predicted molar refractivity (Wildman–Crippen MR) is 120 cm³/mol. The van der Waals surface area contributed by atoms with E-state index in [1.807, 2.05) is 0 Å². The summed E-state index contributed by atoms with van der Waals surface area (Å²) in [4.78, 5) is 12.4. The van der Waals surface area contributed by atoms with E-state index in [4.69, 9.17) is 51.8 Å². The number of rotatable bonds is 6. The van der Waals surface area contributed by atoms with Crippen LogP contribution >= 0.6 is 47.0 Å². The highest BCUT2D eigenvalue weighted by Gasteiger charge is 2.35. The van der Waals surface area contributed by atoms with Gasteiger partial charge in [-0.3, -0.25) is 4.79 Å². The second kappa shape index (κ2) is 10.6. The van der Waals surface area contributed by atoms with Gasteiger partial charge in [-0.05, 0) is 48.1 Å². The fourth-order valence-corrected chi connectivity index (χ4v) is 2.98. The van der Waals surface area contributed by atoms with E-state index in [-0.39, 0.29) is 17.2 Å². The Kier molecular flexibility index (Phi) is 8.65. The smallest absolute Gasteiger partial charge is 0.416 e. The van der Waals surface area contributed by atoms with Crippen LogP contribution in [-0.2, 0) is 17.4 Å². The van der Waals surface area contributed by atoms with Crippen LogP contribution in [0.25, 0.3) is 0 Å². The molecule has 0 saturated heterocycles. The summed E-state index contributed by atoms with van der Waals surface area (Å²) in [5.74, 6) is 0.159. The number of ether oxygens (including phenoxy) is 1. The summed E-state index contributed by atoms with van der Waals surface area (Å²) in [5.41, 5.74) is -0.1000. The van der Waals surface area contributed by atoms with E-state index >= 15 is 0 Å². The van der Waals surface area contributed by atoms with Gasteiger partial charge in [-0.2, -0.15) is 13.2 Å². The van der Waals surface area contributed by atoms with Crippen molar-refractivity contribution in [2.75, 3.05) is 12.4 Å². The molecule has 0 bridgehead atoms. The maximum atomic E-state index is 12.9. The summed E-state index contributed by atoms with van der Waals surface area (Å²) in [6, 6.07) is 11.2. The van der Waals surface area contributed by atoms with Gasteiger partial charge in [0.15, 0.2) is 5.11 Å². The van der Waals surface area contributed by atoms with Crippen molar-refractivity contribution in [1.82, 2.24) is 10.6 Å². The second-order valence-electron chi connectivity index (χ2n) is 6.24. The van der Waals surface area contributed by atoms with Crippen LogP contribution in [0.2, 0.25) is 0 Å². The summed E-state index contributed by atoms with van der Waals surface area (Å²) >= 11 is 22.8. The number of hydrogen-bond donors (Lipinski definition) is 3. The minimum absolute atomic E-state index is 0.0171. The molecule has 0 fully saturated rings. The third kappa shape index (κ3) is 8.25. The summed E-state index contributed by atoms with van der Waals surface area (Å²) in [6.45, 7) is 0. The molecular weight excluding hydrogens is 498 g/mol. The number of alkyl halides is 6. The molecule has 1 atom stereocenters. The van der Waals surface area contributed by atoms with E-state index in [1.165, 1.54) is 19.2 Å². The molecule has 0 aliphatic rings. The van der Waals surface area contributed by atoms with Crippen LogP contribution < -0.4 is 20.7 Å². The number of halogens is 6. The molecule has 2 aromatic carbocycles. The highest BCUT2D eigenvalue weighted by Crippen LogP contribution is 2.31. The Hall–Kier alpha value is -1.94. The van der Waals surface area contributed by atoms with E-state index in [0.717, 1.165) is 12.1 Å². The molecule has 0 heterocycles. The summed E-state index contributed by atoms with van der Waals surface area (Å²) < 4.78 is 41.6. The Morgan fingerprint density at radius 1 is 1.10 bits per heavy atom. The van der Waals surface area contributed by atoms with Gasteiger partial charge in [0.05, 0.1) is 19.1 Å². The fraction of sp³-hybridized carbons (Fsp3) is 0.263. The van der Waals surface area contributed by atoms with E-state index in [1.54, 1.807) is 24.3 Å². The highest BCUT2D eigenvalue weighted by molar-refractivity contribution is 7.80. The zero-order chi connectivity index (χ0) is 23.2. The lowest BCUT2D eigenvalue weighted by molar-refractivity contribution is -0.137. The molecular formula is C19H17Cl3F3N3O2S. The minimum Gasteiger partial charge on any atom is -0.497 e. The first kappa shape index (κ1) is 25.3. The fourth-order valence-electron chi connectivity index (χ4n) is 2.41. The van der Waals surface area contributed by atoms with Crippen molar-refractivity contribution in [2.45, 2.75) is 22.6 Å². The average molecular weight is 515 g/mol. The molecule has 1 unspecified atom stereocenters. The molecule has 2 aromatic rings. The second-order valence-corrected chi connectivity index (χ2v) is 9.02. The van der Waals surface area contributed by atoms with E-state index in [9.17, 15) is 18.0 Å². The molecule has 1 amide bonds. The monoisotopic (exact) mass is 513 g/mol. The number of benzene rings is 2. The van der Waals surface area contributed by atoms with Crippen LogP contribution in [0.3, 0.4) is 0 Å². The zero-order valence-electron chi connectivity index (χ0n) is 15.9. The molecule has 0 saturated carbocycles. The van der Waals surface area contributed by atoms with Gasteiger partial charge in [0.25, 0.3) is 0 Å². The molecule has 31 heavy (non-hydrogen) atoms. The number of amides is 1. The number of carbonyl (C=O) groups excluding carboxylic acids is 1. The van der Waals surface area contributed by atoms with Gasteiger partial charge >= 0.3 is 6.18 Å². The van der Waals surface area contributed by atoms with Crippen molar-refractivity contribution in [3.8, 4) is 5.75 Å². The maximum absolute atomic E-state index is 12.9. The lowest BCUT2D eigenvalue weighted by Crippen LogP contribution is -2.56. The first-order valence-electron chi connectivity index (χ1n) is 8.62. The molecule has 0 aliphatic heterocycles. The first-order valence-corrected chi connectivity index (χ1v) is 10.2. The van der Waals surface area contributed by atoms with Gasteiger partial charge in [0.1, 0.15) is 11.9 Å². The molecule has 0 aromatic heterocycles. The van der Waals surface area contributed by atoms with Gasteiger partial charge in [-0.25, -0.2) is 0 Å². The number of thiocarbonyl (C=S) groups is 1. The van der Waals surface area contributed by atoms with Gasteiger partial charge in [-0.15, -0.1) is 0 Å². The van der Waals surface area contributed by atoms with Crippen LogP contribution in [0, 0.1) is 0 Å². The van der Waals surface area contributed by atoms with E-state index in [2.05, 4.69) is 16.0 Å². The van der Waals surface area contributed by atoms with Crippen LogP contribution in [-0.4, -0.2) is 28.1 Å². The lowest BCUT2D eigenvalue weighted by atomic mass is 10.1. The number of anilines is 1. The molecule has 12 heteroatoms. The molecule has 3 N–H and O–H groups in total. The normalized spacial score (nSPS) is 12.6. The van der Waals surface area contributed by atoms with Gasteiger partial charge in [0, 0.05) is 5.69 Å². The zero-order valence-corrected chi connectivity index (χ0v) is 19.0. The topological polar surface area (TPSA) is 62.4 Å². The number of hydrogen-bond acceptors (Lipinski definition) is 3. The van der Waals surface area contributed by atoms with Crippen LogP contribution in [0.1, 0.15) is 11.1 Å². The van der Waals surface area contributed by atoms with Crippen molar-refractivity contribution in [1.29, 1.82) is 0 Å². The standard InChI is InChI=1S/C19H17Cl3F3N3O2S/c1-30-14-7-5-11(6-8-14)9-15(29)27-16(18(20,21)22)28-17(31)26-13-4-2-3-12(10-13)19(23,24)25/h2-8,10,16H,9H2,1H3,(H,27,29)(H2,26,28,31). The molecule has 5 nitrogen and oxygen atoms in total. The first-order chi connectivity index (χ1) is 14.4. The van der Waals surface area contributed by atoms with Gasteiger partial charge in [-0.1, -0.05) is 53.0 Å². The van der Waals surface area contributed by atoms with Crippen molar-refractivity contribution in [3.63, 3.8) is 0 Å². The third-order valence-electron chi connectivity index (χ3n) is 3.88. The summed E-state index contributed by atoms with van der Waals surface area (Å²) in [6.07, 6.45) is -5.78. The Morgan fingerprint density at radius 2 is 1.74 bits per heavy atom. The van der Waals surface area contributed by atoms with Crippen molar-refractivity contribution < 1.29 is 22.7 Å². The predicted octanol–water partition coefficient (Wildman–Crippen LogP) is 5.06. The van der Waals surface area contributed by atoms with E-state index < -0.39 is 27.6 Å². The summed E-state index contributed by atoms with van der Waals surface area (Å²) in [7, 11) is 1.52. The molecule has 0 radical (unpaired) electrons. The average Bonchev–Trinajstić information content (AvgIpc) is 2.67. The van der Waals surface area contributed by atoms with Crippen molar-refractivity contribution >= 4 is 63.7 Å². The van der Waals surface area contributed by atoms with E-state index in [0.29, 0.717) is 11.3 Å². The maximum Gasteiger partial charge on any atom is 0.416 e. The Balaban J connectivity index is 2.02. The molecule has 168 valence electrons. The number of nitrogens with one attached hydrogen (secondary N) is 3. The highest BCUT2D eigenvalue weighted by atomic mass is 35.6. The number of carbonyl (C=O) groups is 1. The molecule has 0 spiro atoms. The Bertz CT molecular complexity index is 922. The minimum atomic E-state index is -4.51.